The van der Waals surface area contributed by atoms with Gasteiger partial charge in [-0.1, -0.05) is 6.07 Å². The van der Waals surface area contributed by atoms with Crippen LogP contribution in [0.1, 0.15) is 18.5 Å². The van der Waals surface area contributed by atoms with Crippen LogP contribution in [0, 0.1) is 11.6 Å². The van der Waals surface area contributed by atoms with E-state index in [1.807, 2.05) is 0 Å². The molecule has 1 unspecified atom stereocenters. The van der Waals surface area contributed by atoms with Crippen molar-refractivity contribution in [3.8, 4) is 5.75 Å². The van der Waals surface area contributed by atoms with Gasteiger partial charge in [0.25, 0.3) is 0 Å². The fourth-order valence-electron chi connectivity index (χ4n) is 1.73. The second kappa shape index (κ2) is 6.43. The molecule has 2 rings (SSSR count). The van der Waals surface area contributed by atoms with Crippen molar-refractivity contribution in [1.29, 1.82) is 0 Å². The van der Waals surface area contributed by atoms with Crippen molar-refractivity contribution in [3.05, 3.63) is 53.7 Å². The van der Waals surface area contributed by atoms with E-state index in [1.54, 1.807) is 6.92 Å². The lowest BCUT2D eigenvalue weighted by Crippen LogP contribution is -2.09. The zero-order chi connectivity index (χ0) is 15.4. The van der Waals surface area contributed by atoms with Crippen molar-refractivity contribution < 1.29 is 22.3 Å². The summed E-state index contributed by atoms with van der Waals surface area (Å²) in [7, 11) is 0. The largest absolute Gasteiger partial charge is 0.433 e. The van der Waals surface area contributed by atoms with Gasteiger partial charge in [-0.2, -0.15) is 8.78 Å². The molecule has 0 bridgehead atoms. The molecular formula is C14H12F4N2O. The molecule has 1 atom stereocenters. The molecule has 1 aromatic heterocycles. The van der Waals surface area contributed by atoms with Crippen LogP contribution in [0.15, 0.2) is 36.5 Å². The summed E-state index contributed by atoms with van der Waals surface area (Å²) in [5, 5.41) is 2.94. The Hall–Kier alpha value is -2.31. The molecule has 0 radical (unpaired) electrons. The average molecular weight is 300 g/mol. The summed E-state index contributed by atoms with van der Waals surface area (Å²) < 4.78 is 54.2. The lowest BCUT2D eigenvalue weighted by Gasteiger charge is -2.15. The lowest BCUT2D eigenvalue weighted by atomic mass is 10.1. The fourth-order valence-corrected chi connectivity index (χ4v) is 1.73. The Morgan fingerprint density at radius 1 is 1.10 bits per heavy atom. The Kier molecular flexibility index (Phi) is 4.62. The second-order valence-electron chi connectivity index (χ2n) is 4.30. The number of alkyl halides is 2. The second-order valence-corrected chi connectivity index (χ2v) is 4.30. The maximum atomic E-state index is 13.1. The highest BCUT2D eigenvalue weighted by Gasteiger charge is 2.10. The Labute approximate surface area is 118 Å². The van der Waals surface area contributed by atoms with Crippen LogP contribution < -0.4 is 10.1 Å². The summed E-state index contributed by atoms with van der Waals surface area (Å²) in [6.07, 6.45) is 1.15. The summed E-state index contributed by atoms with van der Waals surface area (Å²) in [6.45, 7) is -1.18. The molecule has 2 aromatic rings. The van der Waals surface area contributed by atoms with Crippen LogP contribution in [0.5, 0.6) is 5.75 Å². The molecule has 1 heterocycles. The van der Waals surface area contributed by atoms with Crippen molar-refractivity contribution in [2.75, 3.05) is 5.32 Å². The van der Waals surface area contributed by atoms with Gasteiger partial charge in [0.1, 0.15) is 11.6 Å². The van der Waals surface area contributed by atoms with Crippen LogP contribution in [0.3, 0.4) is 0 Å². The molecule has 7 heteroatoms. The molecular weight excluding hydrogens is 288 g/mol. The van der Waals surface area contributed by atoms with E-state index >= 15 is 0 Å². The van der Waals surface area contributed by atoms with Gasteiger partial charge in [-0.3, -0.25) is 0 Å². The van der Waals surface area contributed by atoms with E-state index in [2.05, 4.69) is 15.0 Å². The summed E-state index contributed by atoms with van der Waals surface area (Å²) in [5.41, 5.74) is 0.531. The summed E-state index contributed by atoms with van der Waals surface area (Å²) in [6, 6.07) is 6.02. The Balaban J connectivity index is 2.04. The number of halogens is 4. The SMILES string of the molecule is CC(Nc1ccc(OC(F)F)cn1)c1ccc(F)c(F)c1. The van der Waals surface area contributed by atoms with Crippen LogP contribution >= 0.6 is 0 Å². The van der Waals surface area contributed by atoms with Crippen LogP contribution in [-0.2, 0) is 0 Å². The van der Waals surface area contributed by atoms with Crippen molar-refractivity contribution in [2.45, 2.75) is 19.6 Å². The Morgan fingerprint density at radius 3 is 2.43 bits per heavy atom. The van der Waals surface area contributed by atoms with Gasteiger partial charge in [0, 0.05) is 0 Å². The molecule has 21 heavy (non-hydrogen) atoms. The fraction of sp³-hybridized carbons (Fsp3) is 0.214. The predicted molar refractivity (Wildman–Crippen MR) is 69.3 cm³/mol. The number of rotatable bonds is 5. The maximum Gasteiger partial charge on any atom is 0.387 e. The van der Waals surface area contributed by atoms with Gasteiger partial charge in [-0.15, -0.1) is 0 Å². The number of pyridine rings is 1. The minimum absolute atomic E-state index is 0.0592. The normalized spacial score (nSPS) is 12.3. The average Bonchev–Trinajstić information content (AvgIpc) is 2.43. The third-order valence-corrected chi connectivity index (χ3v) is 2.77. The van der Waals surface area contributed by atoms with Crippen LogP contribution in [0.4, 0.5) is 23.4 Å². The van der Waals surface area contributed by atoms with E-state index in [1.165, 1.54) is 18.2 Å². The van der Waals surface area contributed by atoms with Crippen molar-refractivity contribution >= 4 is 5.82 Å². The molecule has 0 amide bonds. The van der Waals surface area contributed by atoms with Crippen molar-refractivity contribution in [1.82, 2.24) is 4.98 Å². The van der Waals surface area contributed by atoms with E-state index in [0.717, 1.165) is 18.3 Å². The van der Waals surface area contributed by atoms with Crippen LogP contribution in [0.25, 0.3) is 0 Å². The lowest BCUT2D eigenvalue weighted by molar-refractivity contribution is -0.0500. The molecule has 0 aliphatic rings. The first-order valence-electron chi connectivity index (χ1n) is 6.08. The zero-order valence-electron chi connectivity index (χ0n) is 11.0. The van der Waals surface area contributed by atoms with Gasteiger partial charge in [0.15, 0.2) is 11.6 Å². The molecule has 0 aliphatic carbocycles. The minimum atomic E-state index is -2.91. The number of ether oxygens (including phenoxy) is 1. The van der Waals surface area contributed by atoms with Crippen LogP contribution in [0.2, 0.25) is 0 Å². The standard InChI is InChI=1S/C14H12F4N2O/c1-8(9-2-4-11(15)12(16)6-9)20-13-5-3-10(7-19-13)21-14(17)18/h2-8,14H,1H3,(H,19,20). The summed E-state index contributed by atoms with van der Waals surface area (Å²) in [4.78, 5) is 3.90. The van der Waals surface area contributed by atoms with Crippen LogP contribution in [-0.4, -0.2) is 11.6 Å². The first kappa shape index (κ1) is 15.1. The molecule has 0 saturated heterocycles. The quantitative estimate of drug-likeness (QED) is 0.843. The first-order chi connectivity index (χ1) is 9.95. The minimum Gasteiger partial charge on any atom is -0.433 e. The number of nitrogens with one attached hydrogen (secondary N) is 1. The number of aromatic nitrogens is 1. The van der Waals surface area contributed by atoms with Crippen molar-refractivity contribution in [2.24, 2.45) is 0 Å². The van der Waals surface area contributed by atoms with E-state index in [-0.39, 0.29) is 11.8 Å². The number of hydrogen-bond acceptors (Lipinski definition) is 3. The molecule has 0 fully saturated rings. The Morgan fingerprint density at radius 2 is 1.86 bits per heavy atom. The molecule has 112 valence electrons. The monoisotopic (exact) mass is 300 g/mol. The van der Waals surface area contributed by atoms with Gasteiger partial charge in [-0.25, -0.2) is 13.8 Å². The van der Waals surface area contributed by atoms with Gasteiger partial charge < -0.3 is 10.1 Å². The molecule has 3 nitrogen and oxygen atoms in total. The van der Waals surface area contributed by atoms with Gasteiger partial charge in [0.2, 0.25) is 0 Å². The maximum absolute atomic E-state index is 13.1. The van der Waals surface area contributed by atoms with Gasteiger partial charge in [-0.05, 0) is 36.8 Å². The van der Waals surface area contributed by atoms with E-state index in [9.17, 15) is 17.6 Å². The number of nitrogens with zero attached hydrogens (tertiary/aromatic N) is 1. The van der Waals surface area contributed by atoms with Gasteiger partial charge in [0.05, 0.1) is 12.2 Å². The van der Waals surface area contributed by atoms with Crippen molar-refractivity contribution in [3.63, 3.8) is 0 Å². The molecule has 0 spiro atoms. The highest BCUT2D eigenvalue weighted by atomic mass is 19.3. The van der Waals surface area contributed by atoms with E-state index < -0.39 is 18.2 Å². The Bertz CT molecular complexity index is 604. The summed E-state index contributed by atoms with van der Waals surface area (Å²) in [5.74, 6) is -1.52. The molecule has 0 aliphatic heterocycles. The predicted octanol–water partition coefficient (Wildman–Crippen LogP) is 4.13. The number of anilines is 1. The number of benzene rings is 1. The van der Waals surface area contributed by atoms with E-state index in [0.29, 0.717) is 11.4 Å². The highest BCUT2D eigenvalue weighted by molar-refractivity contribution is 5.40. The third-order valence-electron chi connectivity index (χ3n) is 2.77. The third kappa shape index (κ3) is 4.08. The first-order valence-corrected chi connectivity index (χ1v) is 6.08. The highest BCUT2D eigenvalue weighted by Crippen LogP contribution is 2.21. The zero-order valence-corrected chi connectivity index (χ0v) is 11.0. The van der Waals surface area contributed by atoms with E-state index in [4.69, 9.17) is 0 Å². The molecule has 1 N–H and O–H groups in total. The molecule has 1 aromatic carbocycles. The van der Waals surface area contributed by atoms with Gasteiger partial charge >= 0.3 is 6.61 Å². The summed E-state index contributed by atoms with van der Waals surface area (Å²) >= 11 is 0. The smallest absolute Gasteiger partial charge is 0.387 e. The number of hydrogen-bond donors (Lipinski definition) is 1. The molecule has 0 saturated carbocycles. The topological polar surface area (TPSA) is 34.1 Å².